The van der Waals surface area contributed by atoms with Crippen LogP contribution in [0.2, 0.25) is 0 Å². The number of aliphatic hydroxyl groups excluding tert-OH is 2. The summed E-state index contributed by atoms with van der Waals surface area (Å²) in [5.74, 6) is -2.08. The van der Waals surface area contributed by atoms with Crippen LogP contribution in [0.15, 0.2) is 109 Å². The Morgan fingerprint density at radius 3 is 1.79 bits per heavy atom. The Bertz CT molecular complexity index is 1730. The molecule has 0 aromatic heterocycles. The highest BCUT2D eigenvalue weighted by Crippen LogP contribution is 2.34. The molecule has 0 bridgehead atoms. The number of halogens is 3. The molecule has 312 valence electrons. The fourth-order valence-corrected chi connectivity index (χ4v) is 5.32. The second kappa shape index (κ2) is 28.0. The second-order valence-corrected chi connectivity index (χ2v) is 11.4. The zero-order valence-corrected chi connectivity index (χ0v) is 33.9. The number of rotatable bonds is 12. The molecule has 0 radical (unpaired) electrons. The van der Waals surface area contributed by atoms with E-state index >= 15 is 0 Å². The number of carbonyl (C=O) groups is 4. The predicted molar refractivity (Wildman–Crippen MR) is 216 cm³/mol. The normalized spacial score (nSPS) is 11.6. The number of allylic oxidation sites excluding steroid dienone is 5. The number of hydrogen-bond acceptors (Lipinski definition) is 9. The summed E-state index contributed by atoms with van der Waals surface area (Å²) in [5.41, 5.74) is 2.14. The fourth-order valence-electron chi connectivity index (χ4n) is 5.32. The number of anilines is 1. The van der Waals surface area contributed by atoms with Crippen LogP contribution in [0.3, 0.4) is 0 Å². The maximum absolute atomic E-state index is 12.8. The first-order chi connectivity index (χ1) is 27.3. The van der Waals surface area contributed by atoms with Crippen molar-refractivity contribution in [2.45, 2.75) is 72.4 Å². The molecule has 0 aliphatic heterocycles. The van der Waals surface area contributed by atoms with E-state index in [2.05, 4.69) is 5.32 Å². The first kappa shape index (κ1) is 51.5. The molecule has 4 rings (SSSR count). The number of ether oxygens (including phenoxy) is 3. The van der Waals surface area contributed by atoms with Crippen LogP contribution in [0, 0.1) is 6.92 Å². The van der Waals surface area contributed by atoms with E-state index in [1.54, 1.807) is 44.2 Å². The van der Waals surface area contributed by atoms with Crippen molar-refractivity contribution in [1.29, 1.82) is 0 Å². The summed E-state index contributed by atoms with van der Waals surface area (Å²) in [6, 6.07) is 21.1. The molecule has 0 saturated carbocycles. The summed E-state index contributed by atoms with van der Waals surface area (Å²) in [7, 11) is 2.00. The van der Waals surface area contributed by atoms with Gasteiger partial charge in [-0.1, -0.05) is 98.8 Å². The van der Waals surface area contributed by atoms with E-state index in [1.807, 2.05) is 69.3 Å². The summed E-state index contributed by atoms with van der Waals surface area (Å²) in [6.07, 6.45) is 3.75. The van der Waals surface area contributed by atoms with Crippen molar-refractivity contribution in [3.05, 3.63) is 131 Å². The van der Waals surface area contributed by atoms with E-state index in [9.17, 15) is 32.3 Å². The lowest BCUT2D eigenvalue weighted by Gasteiger charge is -2.29. The maximum Gasteiger partial charge on any atom is 0.416 e. The van der Waals surface area contributed by atoms with Gasteiger partial charge in [-0.25, -0.2) is 0 Å². The van der Waals surface area contributed by atoms with Crippen molar-refractivity contribution in [2.75, 3.05) is 39.4 Å². The van der Waals surface area contributed by atoms with Crippen molar-refractivity contribution >= 4 is 35.1 Å². The highest BCUT2D eigenvalue weighted by atomic mass is 19.4. The quantitative estimate of drug-likeness (QED) is 0.0931. The van der Waals surface area contributed by atoms with Crippen LogP contribution < -0.4 is 5.32 Å². The van der Waals surface area contributed by atoms with Crippen molar-refractivity contribution in [2.24, 2.45) is 0 Å². The van der Waals surface area contributed by atoms with Gasteiger partial charge in [-0.2, -0.15) is 13.2 Å². The van der Waals surface area contributed by atoms with Gasteiger partial charge < -0.3 is 29.7 Å². The number of para-hydroxylation sites is 1. The Morgan fingerprint density at radius 1 is 0.737 bits per heavy atom. The zero-order chi connectivity index (χ0) is 43.4. The van der Waals surface area contributed by atoms with Gasteiger partial charge in [0.25, 0.3) is 0 Å². The molecule has 0 atom stereocenters. The molecule has 0 unspecified atom stereocenters. The molecular weight excluding hydrogens is 743 g/mol. The molecule has 13 heteroatoms. The minimum Gasteiger partial charge on any atom is -0.466 e. The number of carbonyl (C=O) groups excluding carboxylic acids is 4. The number of hydrogen-bond donors (Lipinski definition) is 3. The van der Waals surface area contributed by atoms with Crippen LogP contribution in [0.4, 0.5) is 18.9 Å². The molecular formula is C44H56F3NO9. The van der Waals surface area contributed by atoms with E-state index < -0.39 is 35.1 Å². The number of amides is 1. The van der Waals surface area contributed by atoms with Crippen LogP contribution in [0.5, 0.6) is 0 Å². The SMILES string of the molecule is CC.CCOC(=O)C(CCOC(C)=O)(C(=O)OCC)c1ccccc1.CO.CO.Cc1ccccc1NC(=O)CC1=C(c2ccc(C(F)(F)F)cc2)CC=CC=C1. The molecule has 1 aliphatic carbocycles. The van der Waals surface area contributed by atoms with E-state index in [-0.39, 0.29) is 38.6 Å². The van der Waals surface area contributed by atoms with Gasteiger partial charge in [0.2, 0.25) is 5.91 Å². The lowest BCUT2D eigenvalue weighted by Crippen LogP contribution is -2.47. The van der Waals surface area contributed by atoms with Gasteiger partial charge in [0.1, 0.15) is 0 Å². The second-order valence-electron chi connectivity index (χ2n) is 11.4. The smallest absolute Gasteiger partial charge is 0.416 e. The van der Waals surface area contributed by atoms with Crippen molar-refractivity contribution in [3.63, 3.8) is 0 Å². The number of aryl methyl sites for hydroxylation is 1. The average molecular weight is 800 g/mol. The first-order valence-electron chi connectivity index (χ1n) is 18.3. The number of esters is 3. The maximum atomic E-state index is 12.8. The number of nitrogens with one attached hydrogen (secondary N) is 1. The Morgan fingerprint density at radius 2 is 1.28 bits per heavy atom. The van der Waals surface area contributed by atoms with Crippen LogP contribution in [-0.2, 0) is 45.0 Å². The van der Waals surface area contributed by atoms with E-state index in [0.29, 0.717) is 17.5 Å². The van der Waals surface area contributed by atoms with Crippen molar-refractivity contribution < 1.29 is 56.8 Å². The van der Waals surface area contributed by atoms with E-state index in [0.717, 1.165) is 48.7 Å². The minimum absolute atomic E-state index is 0.0474. The molecule has 0 spiro atoms. The van der Waals surface area contributed by atoms with E-state index in [1.165, 1.54) is 19.1 Å². The molecule has 0 saturated heterocycles. The summed E-state index contributed by atoms with van der Waals surface area (Å²) in [5, 5.41) is 16.9. The predicted octanol–water partition coefficient (Wildman–Crippen LogP) is 8.56. The molecule has 3 aromatic rings. The highest BCUT2D eigenvalue weighted by Gasteiger charge is 2.50. The third-order valence-electron chi connectivity index (χ3n) is 7.88. The van der Waals surface area contributed by atoms with E-state index in [4.69, 9.17) is 24.4 Å². The summed E-state index contributed by atoms with van der Waals surface area (Å²) in [4.78, 5) is 48.8. The van der Waals surface area contributed by atoms with Crippen LogP contribution >= 0.6 is 0 Å². The molecule has 3 N–H and O–H groups in total. The van der Waals surface area contributed by atoms with Gasteiger partial charge in [0.05, 0.1) is 31.8 Å². The third-order valence-corrected chi connectivity index (χ3v) is 7.88. The highest BCUT2D eigenvalue weighted by molar-refractivity contribution is 6.06. The number of alkyl halides is 3. The molecule has 1 aliphatic rings. The van der Waals surface area contributed by atoms with Gasteiger partial charge >= 0.3 is 24.1 Å². The van der Waals surface area contributed by atoms with Gasteiger partial charge in [-0.05, 0) is 73.2 Å². The molecule has 10 nitrogen and oxygen atoms in total. The molecule has 1 amide bonds. The van der Waals surface area contributed by atoms with Crippen LogP contribution in [0.1, 0.15) is 76.1 Å². The Labute approximate surface area is 334 Å². The van der Waals surface area contributed by atoms with Gasteiger partial charge in [0, 0.05) is 33.3 Å². The minimum atomic E-state index is -4.37. The van der Waals surface area contributed by atoms with Crippen molar-refractivity contribution in [1.82, 2.24) is 0 Å². The molecule has 57 heavy (non-hydrogen) atoms. The zero-order valence-electron chi connectivity index (χ0n) is 33.9. The standard InChI is InChI=1S/C23H20F3NO.C17H22O6.C2H6.2CH4O/c1-16-7-5-6-10-21(16)27-22(28)15-18-8-3-2-4-9-20(18)17-11-13-19(14-12-17)23(24,25)26;1-4-21-15(19)17(16(20)22-5-2,11-12-23-13(3)18)14-9-7-6-8-10-14;3*1-2/h2-8,10-14H,9,15H2,1H3,(H,27,28);6-10H,4-5,11-12H2,1-3H3;1-2H3;2*2H,1H3. The molecule has 0 fully saturated rings. The number of benzene rings is 3. The Kier molecular flexibility index (Phi) is 25.2. The summed E-state index contributed by atoms with van der Waals surface area (Å²) in [6.45, 7) is 10.6. The van der Waals surface area contributed by atoms with Crippen LogP contribution in [0.25, 0.3) is 5.57 Å². The monoisotopic (exact) mass is 799 g/mol. The average Bonchev–Trinajstić information content (AvgIpc) is 3.45. The lowest BCUT2D eigenvalue weighted by atomic mass is 9.77. The number of aliphatic hydroxyl groups is 2. The Balaban J connectivity index is 0.000000989. The molecule has 0 heterocycles. The molecule has 3 aromatic carbocycles. The largest absolute Gasteiger partial charge is 0.466 e. The summed E-state index contributed by atoms with van der Waals surface area (Å²) >= 11 is 0. The Hall–Kier alpha value is -5.53. The fraction of sp³-hybridized carbons (Fsp3) is 0.364. The first-order valence-corrected chi connectivity index (χ1v) is 18.3. The topological polar surface area (TPSA) is 148 Å². The lowest BCUT2D eigenvalue weighted by molar-refractivity contribution is -0.167. The summed E-state index contributed by atoms with van der Waals surface area (Å²) < 4.78 is 53.6. The van der Waals surface area contributed by atoms with Crippen molar-refractivity contribution in [3.8, 4) is 0 Å². The van der Waals surface area contributed by atoms with Crippen LogP contribution in [-0.4, -0.2) is 68.1 Å². The van der Waals surface area contributed by atoms with Gasteiger partial charge in [-0.15, -0.1) is 0 Å². The third kappa shape index (κ3) is 16.6. The van der Waals surface area contributed by atoms with Gasteiger partial charge in [0.15, 0.2) is 5.41 Å². The van der Waals surface area contributed by atoms with Gasteiger partial charge in [-0.3, -0.25) is 19.2 Å².